The predicted octanol–water partition coefficient (Wildman–Crippen LogP) is 3.21. The van der Waals surface area contributed by atoms with Crippen molar-refractivity contribution in [3.8, 4) is 0 Å². The summed E-state index contributed by atoms with van der Waals surface area (Å²) in [7, 11) is 0. The highest BCUT2D eigenvalue weighted by Gasteiger charge is 2.17. The molecule has 2 N–H and O–H groups in total. The zero-order valence-electron chi connectivity index (χ0n) is 9.58. The molecular weight excluding hydrogens is 273 g/mol. The molecule has 0 aliphatic rings. The van der Waals surface area contributed by atoms with Gasteiger partial charge >= 0.3 is 0 Å². The molecule has 1 aromatic heterocycles. The largest absolute Gasteiger partial charge is 0.345 e. The third-order valence-electron chi connectivity index (χ3n) is 2.56. The Bertz CT molecular complexity index is 534. The molecule has 2 rings (SSSR count). The van der Waals surface area contributed by atoms with Crippen LogP contribution in [0, 0.1) is 0 Å². The van der Waals surface area contributed by atoms with E-state index in [0.29, 0.717) is 10.0 Å². The number of nitrogens with zero attached hydrogens (tertiary/aromatic N) is 1. The number of aromatic amines is 1. The molecular formula is C12H11Cl2N3O. The van der Waals surface area contributed by atoms with Crippen molar-refractivity contribution in [2.75, 3.05) is 0 Å². The summed E-state index contributed by atoms with van der Waals surface area (Å²) in [5, 5.41) is 10.0. The van der Waals surface area contributed by atoms with Crippen LogP contribution >= 0.6 is 23.2 Å². The molecule has 1 amide bonds. The molecule has 94 valence electrons. The number of H-pyrrole nitrogens is 1. The third-order valence-corrected chi connectivity index (χ3v) is 3.19. The predicted molar refractivity (Wildman–Crippen MR) is 70.9 cm³/mol. The quantitative estimate of drug-likeness (QED) is 0.909. The van der Waals surface area contributed by atoms with Crippen molar-refractivity contribution < 1.29 is 4.79 Å². The molecule has 0 fully saturated rings. The molecule has 0 spiro atoms. The van der Waals surface area contributed by atoms with Crippen molar-refractivity contribution in [3.05, 3.63) is 51.8 Å². The summed E-state index contributed by atoms with van der Waals surface area (Å²) in [4.78, 5) is 12.1. The average Bonchev–Trinajstić information content (AvgIpc) is 2.81. The van der Waals surface area contributed by atoms with Gasteiger partial charge in [0.05, 0.1) is 27.8 Å². The van der Waals surface area contributed by atoms with E-state index in [1.54, 1.807) is 30.6 Å². The fourth-order valence-corrected chi connectivity index (χ4v) is 2.13. The Balaban J connectivity index is 2.18. The van der Waals surface area contributed by atoms with Gasteiger partial charge in [-0.25, -0.2) is 0 Å². The minimum absolute atomic E-state index is 0.177. The first-order valence-electron chi connectivity index (χ1n) is 5.33. The van der Waals surface area contributed by atoms with Gasteiger partial charge in [0.15, 0.2) is 0 Å². The molecule has 0 aliphatic carbocycles. The number of carbonyl (C=O) groups is 1. The van der Waals surface area contributed by atoms with Gasteiger partial charge < -0.3 is 5.32 Å². The minimum Gasteiger partial charge on any atom is -0.345 e. The van der Waals surface area contributed by atoms with E-state index < -0.39 is 0 Å². The van der Waals surface area contributed by atoms with Crippen LogP contribution in [0.2, 0.25) is 10.0 Å². The Kier molecular flexibility index (Phi) is 3.89. The maximum Gasteiger partial charge on any atom is 0.254 e. The van der Waals surface area contributed by atoms with E-state index in [-0.39, 0.29) is 17.5 Å². The second-order valence-electron chi connectivity index (χ2n) is 3.82. The van der Waals surface area contributed by atoms with Crippen LogP contribution in [0.3, 0.4) is 0 Å². The fraction of sp³-hybridized carbons (Fsp3) is 0.167. The van der Waals surface area contributed by atoms with Crippen molar-refractivity contribution in [3.63, 3.8) is 0 Å². The molecule has 0 aliphatic heterocycles. The van der Waals surface area contributed by atoms with E-state index in [9.17, 15) is 4.79 Å². The molecule has 1 unspecified atom stereocenters. The number of rotatable bonds is 3. The molecule has 4 nitrogen and oxygen atoms in total. The van der Waals surface area contributed by atoms with Gasteiger partial charge in [-0.2, -0.15) is 5.10 Å². The number of hydrogen-bond acceptors (Lipinski definition) is 2. The monoisotopic (exact) mass is 283 g/mol. The lowest BCUT2D eigenvalue weighted by atomic mass is 10.1. The van der Waals surface area contributed by atoms with Crippen molar-refractivity contribution >= 4 is 29.1 Å². The molecule has 6 heteroatoms. The van der Waals surface area contributed by atoms with Crippen molar-refractivity contribution in [2.24, 2.45) is 0 Å². The smallest absolute Gasteiger partial charge is 0.254 e. The SMILES string of the molecule is CC(NC(=O)c1c(Cl)cccc1Cl)c1cn[nH]c1. The van der Waals surface area contributed by atoms with Crippen LogP contribution in [0.4, 0.5) is 0 Å². The number of halogens is 2. The number of nitrogens with one attached hydrogen (secondary N) is 2. The van der Waals surface area contributed by atoms with Gasteiger partial charge in [-0.05, 0) is 19.1 Å². The van der Waals surface area contributed by atoms with Crippen LogP contribution in [-0.4, -0.2) is 16.1 Å². The maximum atomic E-state index is 12.1. The van der Waals surface area contributed by atoms with Gasteiger partial charge in [0.1, 0.15) is 0 Å². The first kappa shape index (κ1) is 12.9. The third kappa shape index (κ3) is 2.66. The second-order valence-corrected chi connectivity index (χ2v) is 4.64. The first-order valence-corrected chi connectivity index (χ1v) is 6.08. The summed E-state index contributed by atoms with van der Waals surface area (Å²) in [6, 6.07) is 4.78. The van der Waals surface area contributed by atoms with Gasteiger partial charge in [-0.1, -0.05) is 29.3 Å². The van der Waals surface area contributed by atoms with Crippen LogP contribution < -0.4 is 5.32 Å². The zero-order valence-corrected chi connectivity index (χ0v) is 11.1. The topological polar surface area (TPSA) is 57.8 Å². The summed E-state index contributed by atoms with van der Waals surface area (Å²) < 4.78 is 0. The lowest BCUT2D eigenvalue weighted by molar-refractivity contribution is 0.0940. The van der Waals surface area contributed by atoms with Crippen LogP contribution in [0.25, 0.3) is 0 Å². The van der Waals surface area contributed by atoms with Gasteiger partial charge in [0.25, 0.3) is 5.91 Å². The van der Waals surface area contributed by atoms with E-state index in [1.807, 2.05) is 6.92 Å². The highest BCUT2D eigenvalue weighted by atomic mass is 35.5. The fourth-order valence-electron chi connectivity index (χ4n) is 1.56. The summed E-state index contributed by atoms with van der Waals surface area (Å²) in [5.74, 6) is -0.306. The average molecular weight is 284 g/mol. The summed E-state index contributed by atoms with van der Waals surface area (Å²) in [5.41, 5.74) is 1.17. The van der Waals surface area contributed by atoms with E-state index >= 15 is 0 Å². The minimum atomic E-state index is -0.306. The number of aromatic nitrogens is 2. The molecule has 0 radical (unpaired) electrons. The highest BCUT2D eigenvalue weighted by molar-refractivity contribution is 6.39. The van der Waals surface area contributed by atoms with Gasteiger partial charge in [0.2, 0.25) is 0 Å². The Labute approximate surface area is 114 Å². The van der Waals surface area contributed by atoms with Crippen LogP contribution in [0.5, 0.6) is 0 Å². The maximum absolute atomic E-state index is 12.1. The van der Waals surface area contributed by atoms with Gasteiger partial charge in [-0.15, -0.1) is 0 Å². The lowest BCUT2D eigenvalue weighted by Gasteiger charge is -2.13. The molecule has 1 aromatic carbocycles. The van der Waals surface area contributed by atoms with Crippen molar-refractivity contribution in [1.29, 1.82) is 0 Å². The van der Waals surface area contributed by atoms with Gasteiger partial charge in [0, 0.05) is 11.8 Å². The van der Waals surface area contributed by atoms with Crippen molar-refractivity contribution in [1.82, 2.24) is 15.5 Å². The van der Waals surface area contributed by atoms with Gasteiger partial charge in [-0.3, -0.25) is 9.89 Å². The van der Waals surface area contributed by atoms with Crippen LogP contribution in [0.1, 0.15) is 28.9 Å². The number of carbonyl (C=O) groups excluding carboxylic acids is 1. The standard InChI is InChI=1S/C12H11Cl2N3O/c1-7(8-5-15-16-6-8)17-12(18)11-9(13)3-2-4-10(11)14/h2-7H,1H3,(H,15,16)(H,17,18). The molecule has 1 heterocycles. The second kappa shape index (κ2) is 5.42. The molecule has 2 aromatic rings. The molecule has 0 saturated carbocycles. The zero-order chi connectivity index (χ0) is 13.1. The molecule has 0 saturated heterocycles. The van der Waals surface area contributed by atoms with Crippen molar-refractivity contribution in [2.45, 2.75) is 13.0 Å². The van der Waals surface area contributed by atoms with E-state index in [2.05, 4.69) is 15.5 Å². The highest BCUT2D eigenvalue weighted by Crippen LogP contribution is 2.24. The van der Waals surface area contributed by atoms with E-state index in [0.717, 1.165) is 5.56 Å². The normalized spacial score (nSPS) is 12.2. The lowest BCUT2D eigenvalue weighted by Crippen LogP contribution is -2.27. The van der Waals surface area contributed by atoms with Crippen LogP contribution in [-0.2, 0) is 0 Å². The number of hydrogen-bond donors (Lipinski definition) is 2. The van der Waals surface area contributed by atoms with E-state index in [4.69, 9.17) is 23.2 Å². The Morgan fingerprint density at radius 3 is 2.61 bits per heavy atom. The molecule has 0 bridgehead atoms. The summed E-state index contributed by atoms with van der Waals surface area (Å²) in [6.07, 6.45) is 3.37. The molecule has 18 heavy (non-hydrogen) atoms. The number of amides is 1. The Hall–Kier alpha value is -1.52. The summed E-state index contributed by atoms with van der Waals surface area (Å²) >= 11 is 11.9. The van der Waals surface area contributed by atoms with Crippen LogP contribution in [0.15, 0.2) is 30.6 Å². The number of benzene rings is 1. The van der Waals surface area contributed by atoms with E-state index in [1.165, 1.54) is 0 Å². The Morgan fingerprint density at radius 1 is 1.39 bits per heavy atom. The first-order chi connectivity index (χ1) is 8.59. The Morgan fingerprint density at radius 2 is 2.06 bits per heavy atom. The molecule has 1 atom stereocenters. The summed E-state index contributed by atoms with van der Waals surface area (Å²) in [6.45, 7) is 1.85.